The van der Waals surface area contributed by atoms with E-state index in [9.17, 15) is 0 Å². The highest BCUT2D eigenvalue weighted by molar-refractivity contribution is 5.21. The molecule has 12 heavy (non-hydrogen) atoms. The summed E-state index contributed by atoms with van der Waals surface area (Å²) in [5, 5.41) is 3.58. The Bertz CT molecular complexity index is 186. The molecule has 0 spiro atoms. The summed E-state index contributed by atoms with van der Waals surface area (Å²) < 4.78 is 0. The molecule has 1 aliphatic carbocycles. The lowest BCUT2D eigenvalue weighted by molar-refractivity contribution is 0.0877. The van der Waals surface area contributed by atoms with Gasteiger partial charge in [-0.25, -0.2) is 0 Å². The van der Waals surface area contributed by atoms with Crippen LogP contribution in [0.25, 0.3) is 0 Å². The maximum atomic E-state index is 3.58. The van der Waals surface area contributed by atoms with Crippen molar-refractivity contribution in [3.05, 3.63) is 0 Å². The van der Waals surface area contributed by atoms with E-state index >= 15 is 0 Å². The first-order valence-electron chi connectivity index (χ1n) is 5.08. The molecule has 1 aliphatic heterocycles. The van der Waals surface area contributed by atoms with Crippen LogP contribution >= 0.6 is 0 Å². The maximum absolute atomic E-state index is 3.58. The minimum absolute atomic E-state index is 0.434. The molecule has 70 valence electrons. The lowest BCUT2D eigenvalue weighted by Crippen LogP contribution is -2.50. The standard InChI is InChI=1S/C10H20N2/c1-7(2)8(3)12(4)10-6-5-9(10)11-10/h7-9,11H,5-6H2,1-4H3. The van der Waals surface area contributed by atoms with Crippen molar-refractivity contribution >= 4 is 0 Å². The molecule has 2 nitrogen and oxygen atoms in total. The van der Waals surface area contributed by atoms with Crippen molar-refractivity contribution < 1.29 is 0 Å². The first-order valence-corrected chi connectivity index (χ1v) is 5.08. The molecule has 2 heteroatoms. The summed E-state index contributed by atoms with van der Waals surface area (Å²) in [6.45, 7) is 6.93. The van der Waals surface area contributed by atoms with E-state index in [2.05, 4.69) is 38.0 Å². The fourth-order valence-electron chi connectivity index (χ4n) is 2.30. The second kappa shape index (κ2) is 2.46. The number of nitrogens with zero attached hydrogens (tertiary/aromatic N) is 1. The Balaban J connectivity index is 1.96. The van der Waals surface area contributed by atoms with Crippen LogP contribution in [0.4, 0.5) is 0 Å². The summed E-state index contributed by atoms with van der Waals surface area (Å²) in [6, 6.07) is 1.52. The van der Waals surface area contributed by atoms with Gasteiger partial charge in [0.25, 0.3) is 0 Å². The predicted molar refractivity (Wildman–Crippen MR) is 51.0 cm³/mol. The Kier molecular flexibility index (Phi) is 1.74. The van der Waals surface area contributed by atoms with Crippen molar-refractivity contribution in [1.29, 1.82) is 0 Å². The molecule has 2 rings (SSSR count). The van der Waals surface area contributed by atoms with Crippen molar-refractivity contribution in [3.63, 3.8) is 0 Å². The first kappa shape index (κ1) is 8.52. The van der Waals surface area contributed by atoms with Crippen molar-refractivity contribution in [2.75, 3.05) is 7.05 Å². The Morgan fingerprint density at radius 1 is 1.42 bits per heavy atom. The number of likely N-dealkylation sites (N-methyl/N-ethyl adjacent to an activating group) is 1. The molecule has 0 aromatic heterocycles. The van der Waals surface area contributed by atoms with E-state index in [1.807, 2.05) is 0 Å². The third-order valence-corrected chi connectivity index (χ3v) is 3.94. The van der Waals surface area contributed by atoms with Crippen LogP contribution < -0.4 is 5.32 Å². The molecule has 0 amide bonds. The average molecular weight is 168 g/mol. The lowest BCUT2D eigenvalue weighted by Gasteiger charge is -2.38. The van der Waals surface area contributed by atoms with Gasteiger partial charge in [-0.15, -0.1) is 0 Å². The summed E-state index contributed by atoms with van der Waals surface area (Å²) in [7, 11) is 2.26. The maximum Gasteiger partial charge on any atom is 0.0874 e. The van der Waals surface area contributed by atoms with Crippen LogP contribution in [0.2, 0.25) is 0 Å². The largest absolute Gasteiger partial charge is 0.292 e. The highest BCUT2D eigenvalue weighted by Crippen LogP contribution is 2.48. The topological polar surface area (TPSA) is 25.2 Å². The monoisotopic (exact) mass is 168 g/mol. The smallest absolute Gasteiger partial charge is 0.0874 e. The summed E-state index contributed by atoms with van der Waals surface area (Å²) in [5.41, 5.74) is 0.434. The molecule has 0 radical (unpaired) electrons. The van der Waals surface area contributed by atoms with Gasteiger partial charge >= 0.3 is 0 Å². The normalized spacial score (nSPS) is 41.0. The van der Waals surface area contributed by atoms with Crippen LogP contribution in [0, 0.1) is 5.92 Å². The van der Waals surface area contributed by atoms with E-state index in [4.69, 9.17) is 0 Å². The van der Waals surface area contributed by atoms with E-state index in [0.717, 1.165) is 12.0 Å². The highest BCUT2D eigenvalue weighted by Gasteiger charge is 2.64. The molecule has 0 bridgehead atoms. The van der Waals surface area contributed by atoms with Gasteiger partial charge in [-0.3, -0.25) is 10.2 Å². The van der Waals surface area contributed by atoms with Crippen LogP contribution in [-0.4, -0.2) is 29.7 Å². The van der Waals surface area contributed by atoms with E-state index in [1.165, 1.54) is 12.8 Å². The third-order valence-electron chi connectivity index (χ3n) is 3.94. The number of nitrogens with one attached hydrogen (secondary N) is 1. The van der Waals surface area contributed by atoms with E-state index in [-0.39, 0.29) is 0 Å². The first-order chi connectivity index (χ1) is 5.58. The molecule has 3 unspecified atom stereocenters. The van der Waals surface area contributed by atoms with Crippen molar-refractivity contribution in [1.82, 2.24) is 10.2 Å². The molecule has 0 aromatic rings. The second-order valence-electron chi connectivity index (χ2n) is 4.76. The lowest BCUT2D eigenvalue weighted by atomic mass is 9.89. The molecule has 3 atom stereocenters. The number of hydrogen-bond donors (Lipinski definition) is 1. The summed E-state index contributed by atoms with van der Waals surface area (Å²) in [5.74, 6) is 0.757. The van der Waals surface area contributed by atoms with E-state index in [1.54, 1.807) is 0 Å². The summed E-state index contributed by atoms with van der Waals surface area (Å²) in [6.07, 6.45) is 2.74. The number of hydrogen-bond acceptors (Lipinski definition) is 2. The predicted octanol–water partition coefficient (Wildman–Crippen LogP) is 1.42. The van der Waals surface area contributed by atoms with Gasteiger partial charge in [-0.2, -0.15) is 0 Å². The number of fused-ring (bicyclic) bond motifs is 1. The van der Waals surface area contributed by atoms with Gasteiger partial charge in [0.1, 0.15) is 0 Å². The molecule has 2 aliphatic rings. The molecule has 1 saturated heterocycles. The van der Waals surface area contributed by atoms with Gasteiger partial charge in [-0.1, -0.05) is 13.8 Å². The van der Waals surface area contributed by atoms with Gasteiger partial charge in [-0.05, 0) is 32.7 Å². The highest BCUT2D eigenvalue weighted by atomic mass is 15.5. The quantitative estimate of drug-likeness (QED) is 0.645. The Morgan fingerprint density at radius 2 is 2.08 bits per heavy atom. The van der Waals surface area contributed by atoms with Gasteiger partial charge in [0.05, 0.1) is 5.66 Å². The molecule has 1 saturated carbocycles. The van der Waals surface area contributed by atoms with E-state index < -0.39 is 0 Å². The number of rotatable bonds is 3. The van der Waals surface area contributed by atoms with Gasteiger partial charge in [0, 0.05) is 12.1 Å². The Labute approximate surface area is 75.3 Å². The van der Waals surface area contributed by atoms with Crippen LogP contribution in [0.1, 0.15) is 33.6 Å². The third kappa shape index (κ3) is 0.944. The van der Waals surface area contributed by atoms with Crippen molar-refractivity contribution in [2.24, 2.45) is 5.92 Å². The molecule has 2 fully saturated rings. The fourth-order valence-corrected chi connectivity index (χ4v) is 2.30. The minimum Gasteiger partial charge on any atom is -0.292 e. The Morgan fingerprint density at radius 3 is 2.33 bits per heavy atom. The Hall–Kier alpha value is -0.0800. The summed E-state index contributed by atoms with van der Waals surface area (Å²) in [4.78, 5) is 2.53. The zero-order chi connectivity index (χ0) is 8.93. The second-order valence-corrected chi connectivity index (χ2v) is 4.76. The SMILES string of the molecule is CC(C)C(C)N(C)C12CCC1N2. The van der Waals surface area contributed by atoms with Crippen LogP contribution in [0.3, 0.4) is 0 Å². The minimum atomic E-state index is 0.434. The molecule has 1 heterocycles. The van der Waals surface area contributed by atoms with Crippen LogP contribution in [0.5, 0.6) is 0 Å². The van der Waals surface area contributed by atoms with Crippen molar-refractivity contribution in [2.45, 2.75) is 51.4 Å². The van der Waals surface area contributed by atoms with E-state index in [0.29, 0.717) is 11.7 Å². The zero-order valence-electron chi connectivity index (χ0n) is 8.59. The molecular formula is C10H20N2. The molecule has 0 aromatic carbocycles. The van der Waals surface area contributed by atoms with Crippen molar-refractivity contribution in [3.8, 4) is 0 Å². The van der Waals surface area contributed by atoms with Gasteiger partial charge in [0.2, 0.25) is 0 Å². The molecule has 1 N–H and O–H groups in total. The van der Waals surface area contributed by atoms with Crippen LogP contribution in [-0.2, 0) is 0 Å². The zero-order valence-corrected chi connectivity index (χ0v) is 8.59. The van der Waals surface area contributed by atoms with Gasteiger partial charge in [0.15, 0.2) is 0 Å². The van der Waals surface area contributed by atoms with Crippen LogP contribution in [0.15, 0.2) is 0 Å². The summed E-state index contributed by atoms with van der Waals surface area (Å²) >= 11 is 0. The molecular weight excluding hydrogens is 148 g/mol. The average Bonchev–Trinajstić information content (AvgIpc) is 2.52. The van der Waals surface area contributed by atoms with Gasteiger partial charge < -0.3 is 0 Å². The fraction of sp³-hybridized carbons (Fsp3) is 1.00.